The molecule has 0 saturated carbocycles. The molecule has 4 rings (SSSR count). The van der Waals surface area contributed by atoms with E-state index < -0.39 is 5.41 Å². The molecule has 0 saturated heterocycles. The van der Waals surface area contributed by atoms with Crippen LogP contribution in [-0.4, -0.2) is 11.5 Å². The molecular formula is C17H12ClNO. The fraction of sp³-hybridized carbons (Fsp3) is 0.176. The summed E-state index contributed by atoms with van der Waals surface area (Å²) in [4.78, 5) is 17.6. The number of carbonyl (C=O) groups is 1. The molecule has 1 aliphatic carbocycles. The van der Waals surface area contributed by atoms with Crippen LogP contribution in [0.2, 0.25) is 5.02 Å². The number of aliphatic imine (C=N–C) groups is 1. The fourth-order valence-corrected chi connectivity index (χ4v) is 3.59. The molecule has 0 bridgehead atoms. The average molecular weight is 282 g/mol. The Balaban J connectivity index is 1.98. The third-order valence-electron chi connectivity index (χ3n) is 4.43. The van der Waals surface area contributed by atoms with Crippen molar-refractivity contribution in [2.45, 2.75) is 18.8 Å². The molecule has 1 unspecified atom stereocenters. The smallest absolute Gasteiger partial charge is 0.179 e. The normalized spacial score (nSPS) is 22.9. The molecule has 0 fully saturated rings. The molecule has 1 aliphatic heterocycles. The SMILES string of the molecule is CC1=Nc2ccccc2C12Cc1ccc(Cl)cc1C2=O. The number of carbonyl (C=O) groups excluding carboxylic acids is 1. The highest BCUT2D eigenvalue weighted by atomic mass is 35.5. The van der Waals surface area contributed by atoms with Crippen molar-refractivity contribution in [1.29, 1.82) is 0 Å². The highest BCUT2D eigenvalue weighted by molar-refractivity contribution is 6.32. The Kier molecular flexibility index (Phi) is 2.25. The van der Waals surface area contributed by atoms with Crippen LogP contribution in [-0.2, 0) is 11.8 Å². The van der Waals surface area contributed by atoms with E-state index >= 15 is 0 Å². The highest BCUT2D eigenvalue weighted by Gasteiger charge is 2.52. The van der Waals surface area contributed by atoms with E-state index in [1.165, 1.54) is 0 Å². The lowest BCUT2D eigenvalue weighted by Crippen LogP contribution is -2.37. The standard InChI is InChI=1S/C17H12ClNO/c1-10-17(14-4-2-3-5-15(14)19-10)9-11-6-7-12(18)8-13(11)16(17)20/h2-8H,9H2,1H3. The van der Waals surface area contributed by atoms with E-state index in [1.54, 1.807) is 6.07 Å². The van der Waals surface area contributed by atoms with Crippen molar-refractivity contribution in [2.75, 3.05) is 0 Å². The molecule has 3 heteroatoms. The lowest BCUT2D eigenvalue weighted by molar-refractivity contribution is 0.0946. The molecule has 20 heavy (non-hydrogen) atoms. The van der Waals surface area contributed by atoms with Gasteiger partial charge in [-0.25, -0.2) is 0 Å². The maximum atomic E-state index is 13.0. The van der Waals surface area contributed by atoms with Crippen molar-refractivity contribution in [3.05, 3.63) is 64.2 Å². The summed E-state index contributed by atoms with van der Waals surface area (Å²) >= 11 is 6.04. The second-order valence-corrected chi connectivity index (χ2v) is 5.86. The van der Waals surface area contributed by atoms with E-state index in [0.717, 1.165) is 28.1 Å². The Labute approximate surface area is 122 Å². The van der Waals surface area contributed by atoms with Crippen molar-refractivity contribution in [1.82, 2.24) is 0 Å². The first-order chi connectivity index (χ1) is 9.63. The minimum absolute atomic E-state index is 0.126. The summed E-state index contributed by atoms with van der Waals surface area (Å²) < 4.78 is 0. The Morgan fingerprint density at radius 2 is 2.00 bits per heavy atom. The van der Waals surface area contributed by atoms with Crippen LogP contribution in [0.4, 0.5) is 5.69 Å². The number of nitrogens with zero attached hydrogens (tertiary/aromatic N) is 1. The fourth-order valence-electron chi connectivity index (χ4n) is 3.42. The van der Waals surface area contributed by atoms with Gasteiger partial charge in [0.15, 0.2) is 5.78 Å². The van der Waals surface area contributed by atoms with Gasteiger partial charge in [0.25, 0.3) is 0 Å². The third kappa shape index (κ3) is 1.30. The van der Waals surface area contributed by atoms with Crippen molar-refractivity contribution in [2.24, 2.45) is 4.99 Å². The second kappa shape index (κ2) is 3.80. The predicted molar refractivity (Wildman–Crippen MR) is 80.4 cm³/mol. The molecule has 1 spiro atoms. The zero-order valence-corrected chi connectivity index (χ0v) is 11.7. The minimum Gasteiger partial charge on any atom is -0.293 e. The van der Waals surface area contributed by atoms with Gasteiger partial charge in [-0.05, 0) is 42.7 Å². The number of rotatable bonds is 0. The number of ketones is 1. The zero-order chi connectivity index (χ0) is 13.9. The molecule has 0 N–H and O–H groups in total. The molecule has 0 amide bonds. The number of benzene rings is 2. The first-order valence-electron chi connectivity index (χ1n) is 6.61. The van der Waals surface area contributed by atoms with Gasteiger partial charge in [0, 0.05) is 16.3 Å². The maximum Gasteiger partial charge on any atom is 0.179 e. The van der Waals surface area contributed by atoms with Crippen molar-refractivity contribution in [3.63, 3.8) is 0 Å². The molecule has 2 aromatic rings. The molecule has 1 atom stereocenters. The van der Waals surface area contributed by atoms with Crippen LogP contribution in [0.15, 0.2) is 47.5 Å². The Hall–Kier alpha value is -1.93. The molecule has 98 valence electrons. The first kappa shape index (κ1) is 11.9. The van der Waals surface area contributed by atoms with E-state index in [0.29, 0.717) is 11.4 Å². The van der Waals surface area contributed by atoms with Gasteiger partial charge in [0.2, 0.25) is 0 Å². The van der Waals surface area contributed by atoms with Crippen LogP contribution >= 0.6 is 11.6 Å². The molecule has 0 radical (unpaired) electrons. The summed E-state index contributed by atoms with van der Waals surface area (Å²) in [6, 6.07) is 13.5. The Morgan fingerprint density at radius 3 is 2.85 bits per heavy atom. The Morgan fingerprint density at radius 1 is 1.20 bits per heavy atom. The van der Waals surface area contributed by atoms with Gasteiger partial charge >= 0.3 is 0 Å². The number of hydrogen-bond acceptors (Lipinski definition) is 2. The van der Waals surface area contributed by atoms with Crippen LogP contribution in [0.1, 0.15) is 28.4 Å². The monoisotopic (exact) mass is 281 g/mol. The number of hydrogen-bond donors (Lipinski definition) is 0. The van der Waals surface area contributed by atoms with Gasteiger partial charge < -0.3 is 0 Å². The molecule has 0 aromatic heterocycles. The number of para-hydroxylation sites is 1. The number of halogens is 1. The predicted octanol–water partition coefficient (Wildman–Crippen LogP) is 4.12. The highest BCUT2D eigenvalue weighted by Crippen LogP contribution is 2.48. The van der Waals surface area contributed by atoms with Gasteiger partial charge in [0.1, 0.15) is 5.41 Å². The number of Topliss-reactive ketones (excluding diaryl/α,β-unsaturated/α-hetero) is 1. The van der Waals surface area contributed by atoms with Crippen LogP contribution < -0.4 is 0 Å². The third-order valence-corrected chi connectivity index (χ3v) is 4.66. The quantitative estimate of drug-likeness (QED) is 0.714. The van der Waals surface area contributed by atoms with Gasteiger partial charge in [0.05, 0.1) is 5.69 Å². The van der Waals surface area contributed by atoms with Crippen LogP contribution in [0.5, 0.6) is 0 Å². The van der Waals surface area contributed by atoms with Crippen molar-refractivity contribution in [3.8, 4) is 0 Å². The lowest BCUT2D eigenvalue weighted by atomic mass is 9.75. The van der Waals surface area contributed by atoms with Crippen LogP contribution in [0.25, 0.3) is 0 Å². The first-order valence-corrected chi connectivity index (χ1v) is 6.99. The van der Waals surface area contributed by atoms with Crippen molar-refractivity contribution >= 4 is 28.8 Å². The molecule has 1 heterocycles. The summed E-state index contributed by atoms with van der Waals surface area (Å²) in [6.07, 6.45) is 0.685. The van der Waals surface area contributed by atoms with Crippen LogP contribution in [0, 0.1) is 0 Å². The maximum absolute atomic E-state index is 13.0. The summed E-state index contributed by atoms with van der Waals surface area (Å²) in [5.74, 6) is 0.126. The molecule has 2 nitrogen and oxygen atoms in total. The lowest BCUT2D eigenvalue weighted by Gasteiger charge is -2.23. The molecular weight excluding hydrogens is 270 g/mol. The van der Waals surface area contributed by atoms with Gasteiger partial charge in [-0.2, -0.15) is 0 Å². The van der Waals surface area contributed by atoms with Crippen LogP contribution in [0.3, 0.4) is 0 Å². The van der Waals surface area contributed by atoms with Gasteiger partial charge in [-0.15, -0.1) is 0 Å². The number of fused-ring (bicyclic) bond motifs is 3. The van der Waals surface area contributed by atoms with Gasteiger partial charge in [-0.3, -0.25) is 9.79 Å². The van der Waals surface area contributed by atoms with E-state index in [2.05, 4.69) is 4.99 Å². The second-order valence-electron chi connectivity index (χ2n) is 5.43. The average Bonchev–Trinajstić information content (AvgIpc) is 2.89. The van der Waals surface area contributed by atoms with E-state index in [4.69, 9.17) is 11.6 Å². The van der Waals surface area contributed by atoms with Gasteiger partial charge in [-0.1, -0.05) is 35.9 Å². The summed E-state index contributed by atoms with van der Waals surface area (Å²) in [6.45, 7) is 1.95. The van der Waals surface area contributed by atoms with Crippen molar-refractivity contribution < 1.29 is 4.79 Å². The van der Waals surface area contributed by atoms with E-state index in [9.17, 15) is 4.79 Å². The minimum atomic E-state index is -0.608. The van der Waals surface area contributed by atoms with E-state index in [-0.39, 0.29) is 5.78 Å². The summed E-state index contributed by atoms with van der Waals surface area (Å²) in [5, 5.41) is 0.607. The molecule has 2 aliphatic rings. The van der Waals surface area contributed by atoms with E-state index in [1.807, 2.05) is 43.3 Å². The Bertz CT molecular complexity index is 793. The summed E-state index contributed by atoms with van der Waals surface area (Å²) in [5.41, 5.74) is 4.02. The topological polar surface area (TPSA) is 29.4 Å². The largest absolute Gasteiger partial charge is 0.293 e. The molecule has 2 aromatic carbocycles. The zero-order valence-electron chi connectivity index (χ0n) is 11.0. The summed E-state index contributed by atoms with van der Waals surface area (Å²) in [7, 11) is 0.